The van der Waals surface area contributed by atoms with Crippen LogP contribution in [0.2, 0.25) is 0 Å². The highest BCUT2D eigenvalue weighted by Gasteiger charge is 2.05. The summed E-state index contributed by atoms with van der Waals surface area (Å²) in [6.45, 7) is 0.334. The minimum atomic E-state index is -0.175. The van der Waals surface area contributed by atoms with Crippen LogP contribution in [-0.2, 0) is 22.6 Å². The lowest BCUT2D eigenvalue weighted by molar-refractivity contribution is -0.144. The minimum Gasteiger partial charge on any atom is -0.464 e. The predicted molar refractivity (Wildman–Crippen MR) is 80.8 cm³/mol. The van der Waals surface area contributed by atoms with E-state index in [4.69, 9.17) is 9.15 Å². The standard InChI is InChI=1S/C18H16O3/c19-18(21-13-15-4-2-1-3-5-15)9-7-14-6-8-17-16(12-14)10-11-20-17/h1-6,8,10-12H,7,9,13H2. The summed E-state index contributed by atoms with van der Waals surface area (Å²) in [7, 11) is 0. The van der Waals surface area contributed by atoms with Crippen molar-refractivity contribution in [3.63, 3.8) is 0 Å². The Morgan fingerprint density at radius 3 is 2.71 bits per heavy atom. The van der Waals surface area contributed by atoms with E-state index in [-0.39, 0.29) is 5.97 Å². The molecule has 0 radical (unpaired) electrons. The summed E-state index contributed by atoms with van der Waals surface area (Å²) in [5.41, 5.74) is 2.98. The van der Waals surface area contributed by atoms with Gasteiger partial charge in [-0.2, -0.15) is 0 Å². The molecule has 0 atom stereocenters. The number of rotatable bonds is 5. The van der Waals surface area contributed by atoms with E-state index in [1.54, 1.807) is 6.26 Å². The van der Waals surface area contributed by atoms with E-state index in [1.165, 1.54) is 0 Å². The molecule has 3 nitrogen and oxygen atoms in total. The highest BCUT2D eigenvalue weighted by atomic mass is 16.5. The molecular weight excluding hydrogens is 264 g/mol. The molecule has 1 heterocycles. The molecule has 0 aliphatic carbocycles. The van der Waals surface area contributed by atoms with Gasteiger partial charge in [0.05, 0.1) is 6.26 Å². The van der Waals surface area contributed by atoms with Crippen molar-refractivity contribution in [3.8, 4) is 0 Å². The van der Waals surface area contributed by atoms with Crippen molar-refractivity contribution in [2.75, 3.05) is 0 Å². The summed E-state index contributed by atoms with van der Waals surface area (Å²) in [4.78, 5) is 11.8. The third-order valence-electron chi connectivity index (χ3n) is 3.38. The van der Waals surface area contributed by atoms with Gasteiger partial charge in [-0.15, -0.1) is 0 Å². The van der Waals surface area contributed by atoms with Gasteiger partial charge in [0.15, 0.2) is 0 Å². The molecule has 2 aromatic carbocycles. The maximum absolute atomic E-state index is 11.8. The molecule has 0 saturated carbocycles. The van der Waals surface area contributed by atoms with Gasteiger partial charge in [0.1, 0.15) is 12.2 Å². The van der Waals surface area contributed by atoms with E-state index in [1.807, 2.05) is 54.6 Å². The first-order chi connectivity index (χ1) is 10.3. The van der Waals surface area contributed by atoms with Gasteiger partial charge in [0.2, 0.25) is 0 Å². The van der Waals surface area contributed by atoms with Crippen molar-refractivity contribution in [2.24, 2.45) is 0 Å². The molecule has 106 valence electrons. The van der Waals surface area contributed by atoms with Crippen LogP contribution in [0.3, 0.4) is 0 Å². The van der Waals surface area contributed by atoms with E-state index >= 15 is 0 Å². The molecule has 0 amide bonds. The summed E-state index contributed by atoms with van der Waals surface area (Å²) in [6.07, 6.45) is 2.73. The molecule has 0 fully saturated rings. The maximum Gasteiger partial charge on any atom is 0.306 e. The van der Waals surface area contributed by atoms with Crippen LogP contribution < -0.4 is 0 Å². The fourth-order valence-corrected chi connectivity index (χ4v) is 2.23. The van der Waals surface area contributed by atoms with Gasteiger partial charge in [-0.3, -0.25) is 4.79 Å². The van der Waals surface area contributed by atoms with Crippen LogP contribution in [-0.4, -0.2) is 5.97 Å². The Bertz CT molecular complexity index is 728. The average molecular weight is 280 g/mol. The van der Waals surface area contributed by atoms with Gasteiger partial charge >= 0.3 is 5.97 Å². The highest BCUT2D eigenvalue weighted by molar-refractivity contribution is 5.78. The molecule has 0 spiro atoms. The number of carbonyl (C=O) groups excluding carboxylic acids is 1. The van der Waals surface area contributed by atoms with Crippen LogP contribution in [0.5, 0.6) is 0 Å². The summed E-state index contributed by atoms with van der Waals surface area (Å²) in [6, 6.07) is 17.6. The molecule has 3 aromatic rings. The van der Waals surface area contributed by atoms with Gasteiger partial charge in [-0.05, 0) is 35.7 Å². The van der Waals surface area contributed by atoms with Crippen molar-refractivity contribution in [2.45, 2.75) is 19.4 Å². The first kappa shape index (κ1) is 13.4. The second-order valence-corrected chi connectivity index (χ2v) is 4.94. The van der Waals surface area contributed by atoms with Crippen molar-refractivity contribution in [1.82, 2.24) is 0 Å². The van der Waals surface area contributed by atoms with Crippen LogP contribution in [0.15, 0.2) is 65.3 Å². The molecular formula is C18H16O3. The van der Waals surface area contributed by atoms with Crippen molar-refractivity contribution in [3.05, 3.63) is 72.0 Å². The van der Waals surface area contributed by atoms with E-state index in [0.717, 1.165) is 22.1 Å². The molecule has 21 heavy (non-hydrogen) atoms. The van der Waals surface area contributed by atoms with E-state index in [2.05, 4.69) is 0 Å². The topological polar surface area (TPSA) is 39.4 Å². The average Bonchev–Trinajstić information content (AvgIpc) is 2.99. The second-order valence-electron chi connectivity index (χ2n) is 4.94. The zero-order valence-electron chi connectivity index (χ0n) is 11.6. The zero-order valence-corrected chi connectivity index (χ0v) is 11.6. The number of benzene rings is 2. The summed E-state index contributed by atoms with van der Waals surface area (Å²) >= 11 is 0. The molecule has 0 bridgehead atoms. The number of esters is 1. The molecule has 0 N–H and O–H groups in total. The molecule has 0 unspecified atom stereocenters. The van der Waals surface area contributed by atoms with E-state index in [9.17, 15) is 4.79 Å². The molecule has 0 aliphatic rings. The van der Waals surface area contributed by atoms with Crippen molar-refractivity contribution >= 4 is 16.9 Å². The smallest absolute Gasteiger partial charge is 0.306 e. The summed E-state index contributed by atoms with van der Waals surface area (Å²) in [5, 5.41) is 1.06. The fourth-order valence-electron chi connectivity index (χ4n) is 2.23. The molecule has 3 heteroatoms. The van der Waals surface area contributed by atoms with Gasteiger partial charge in [-0.25, -0.2) is 0 Å². The summed E-state index contributed by atoms with van der Waals surface area (Å²) < 4.78 is 10.6. The molecule has 1 aromatic heterocycles. The van der Waals surface area contributed by atoms with Gasteiger partial charge in [0.25, 0.3) is 0 Å². The van der Waals surface area contributed by atoms with Crippen LogP contribution in [0, 0.1) is 0 Å². The van der Waals surface area contributed by atoms with Gasteiger partial charge in [0, 0.05) is 11.8 Å². The van der Waals surface area contributed by atoms with E-state index < -0.39 is 0 Å². The Kier molecular flexibility index (Phi) is 4.01. The lowest BCUT2D eigenvalue weighted by Crippen LogP contribution is -2.05. The van der Waals surface area contributed by atoms with Crippen LogP contribution in [0.1, 0.15) is 17.5 Å². The Labute approximate surface area is 123 Å². The lowest BCUT2D eigenvalue weighted by Gasteiger charge is -2.05. The Balaban J connectivity index is 1.51. The normalized spacial score (nSPS) is 10.7. The lowest BCUT2D eigenvalue weighted by atomic mass is 10.1. The van der Waals surface area contributed by atoms with Crippen LogP contribution in [0.4, 0.5) is 0 Å². The molecule has 0 aliphatic heterocycles. The van der Waals surface area contributed by atoms with E-state index in [0.29, 0.717) is 19.4 Å². The first-order valence-electron chi connectivity index (χ1n) is 6.97. The molecule has 0 saturated heterocycles. The third-order valence-corrected chi connectivity index (χ3v) is 3.38. The third kappa shape index (κ3) is 3.51. The first-order valence-corrected chi connectivity index (χ1v) is 6.97. The number of ether oxygens (including phenoxy) is 1. The fraction of sp³-hybridized carbons (Fsp3) is 0.167. The Morgan fingerprint density at radius 1 is 1.00 bits per heavy atom. The number of furan rings is 1. The van der Waals surface area contributed by atoms with Crippen molar-refractivity contribution in [1.29, 1.82) is 0 Å². The van der Waals surface area contributed by atoms with Gasteiger partial charge in [-0.1, -0.05) is 36.4 Å². The van der Waals surface area contributed by atoms with Crippen LogP contribution >= 0.6 is 0 Å². The number of hydrogen-bond donors (Lipinski definition) is 0. The number of aryl methyl sites for hydroxylation is 1. The SMILES string of the molecule is O=C(CCc1ccc2occc2c1)OCc1ccccc1. The minimum absolute atomic E-state index is 0.175. The highest BCUT2D eigenvalue weighted by Crippen LogP contribution is 2.18. The number of carbonyl (C=O) groups is 1. The quantitative estimate of drug-likeness (QED) is 0.660. The number of hydrogen-bond acceptors (Lipinski definition) is 3. The predicted octanol–water partition coefficient (Wildman–Crippen LogP) is 4.11. The zero-order chi connectivity index (χ0) is 14.5. The van der Waals surface area contributed by atoms with Crippen LogP contribution in [0.25, 0.3) is 11.0 Å². The number of fused-ring (bicyclic) bond motifs is 1. The summed E-state index contributed by atoms with van der Waals surface area (Å²) in [5.74, 6) is -0.175. The monoisotopic (exact) mass is 280 g/mol. The Morgan fingerprint density at radius 2 is 1.86 bits per heavy atom. The van der Waals surface area contributed by atoms with Gasteiger partial charge < -0.3 is 9.15 Å². The Hall–Kier alpha value is -2.55. The molecule has 3 rings (SSSR count). The van der Waals surface area contributed by atoms with Crippen molar-refractivity contribution < 1.29 is 13.9 Å². The maximum atomic E-state index is 11.8. The second kappa shape index (κ2) is 6.27. The largest absolute Gasteiger partial charge is 0.464 e.